The van der Waals surface area contributed by atoms with Crippen molar-refractivity contribution in [2.45, 2.75) is 19.3 Å². The second kappa shape index (κ2) is 7.61. The first-order chi connectivity index (χ1) is 13.3. The van der Waals surface area contributed by atoms with E-state index < -0.39 is 0 Å². The molecule has 1 N–H and O–H groups in total. The van der Waals surface area contributed by atoms with E-state index in [1.54, 1.807) is 31.4 Å². The molecular weight excluding hydrogens is 340 g/mol. The SMILES string of the molecule is COc1ccc(NC(=O)c2nnc(N3CCCCC3)c3ccccc23)cc1. The Labute approximate surface area is 158 Å². The minimum Gasteiger partial charge on any atom is -0.497 e. The molecule has 2 aromatic carbocycles. The molecule has 0 spiro atoms. The summed E-state index contributed by atoms with van der Waals surface area (Å²) in [5, 5.41) is 13.4. The van der Waals surface area contributed by atoms with Crippen LogP contribution >= 0.6 is 0 Å². The lowest BCUT2D eigenvalue weighted by atomic mass is 10.1. The van der Waals surface area contributed by atoms with Crippen LogP contribution in [-0.4, -0.2) is 36.3 Å². The number of fused-ring (bicyclic) bond motifs is 1. The predicted octanol–water partition coefficient (Wildman–Crippen LogP) is 3.88. The van der Waals surface area contributed by atoms with E-state index in [1.807, 2.05) is 24.3 Å². The van der Waals surface area contributed by atoms with Gasteiger partial charge in [0.2, 0.25) is 0 Å². The first kappa shape index (κ1) is 17.3. The summed E-state index contributed by atoms with van der Waals surface area (Å²) >= 11 is 0. The van der Waals surface area contributed by atoms with Crippen LogP contribution in [0, 0.1) is 0 Å². The molecule has 1 saturated heterocycles. The van der Waals surface area contributed by atoms with Crippen molar-refractivity contribution in [2.75, 3.05) is 30.4 Å². The molecule has 6 nitrogen and oxygen atoms in total. The Hall–Kier alpha value is -3.15. The summed E-state index contributed by atoms with van der Waals surface area (Å²) in [7, 11) is 1.61. The lowest BCUT2D eigenvalue weighted by Crippen LogP contribution is -2.31. The van der Waals surface area contributed by atoms with Gasteiger partial charge < -0.3 is 15.0 Å². The molecule has 27 heavy (non-hydrogen) atoms. The Morgan fingerprint density at radius 1 is 0.963 bits per heavy atom. The highest BCUT2D eigenvalue weighted by Crippen LogP contribution is 2.28. The van der Waals surface area contributed by atoms with Crippen molar-refractivity contribution in [3.63, 3.8) is 0 Å². The topological polar surface area (TPSA) is 67.3 Å². The third-order valence-electron chi connectivity index (χ3n) is 4.89. The van der Waals surface area contributed by atoms with Gasteiger partial charge in [-0.15, -0.1) is 10.2 Å². The Kier molecular flexibility index (Phi) is 4.87. The van der Waals surface area contributed by atoms with Gasteiger partial charge in [0, 0.05) is 29.5 Å². The van der Waals surface area contributed by atoms with E-state index in [0.29, 0.717) is 11.4 Å². The smallest absolute Gasteiger partial charge is 0.276 e. The molecule has 1 fully saturated rings. The maximum Gasteiger partial charge on any atom is 0.276 e. The van der Waals surface area contributed by atoms with Gasteiger partial charge in [0.15, 0.2) is 11.5 Å². The largest absolute Gasteiger partial charge is 0.497 e. The number of aromatic nitrogens is 2. The maximum absolute atomic E-state index is 12.8. The minimum atomic E-state index is -0.269. The van der Waals surface area contributed by atoms with Gasteiger partial charge >= 0.3 is 0 Å². The Balaban J connectivity index is 1.66. The number of amides is 1. The number of piperidine rings is 1. The lowest BCUT2D eigenvalue weighted by Gasteiger charge is -2.28. The molecule has 4 rings (SSSR count). The number of ether oxygens (including phenoxy) is 1. The molecule has 1 aliphatic heterocycles. The third kappa shape index (κ3) is 3.56. The van der Waals surface area contributed by atoms with E-state index in [9.17, 15) is 4.79 Å². The van der Waals surface area contributed by atoms with Gasteiger partial charge in [-0.2, -0.15) is 0 Å². The van der Waals surface area contributed by atoms with Crippen molar-refractivity contribution < 1.29 is 9.53 Å². The van der Waals surface area contributed by atoms with Crippen LogP contribution in [-0.2, 0) is 0 Å². The molecule has 2 heterocycles. The van der Waals surface area contributed by atoms with Crippen molar-refractivity contribution in [1.82, 2.24) is 10.2 Å². The first-order valence-corrected chi connectivity index (χ1v) is 9.22. The summed E-state index contributed by atoms with van der Waals surface area (Å²) in [6.45, 7) is 1.96. The zero-order chi connectivity index (χ0) is 18.6. The van der Waals surface area contributed by atoms with Gasteiger partial charge in [0.05, 0.1) is 7.11 Å². The fraction of sp³-hybridized carbons (Fsp3) is 0.286. The summed E-state index contributed by atoms with van der Waals surface area (Å²) in [5.74, 6) is 1.34. The summed E-state index contributed by atoms with van der Waals surface area (Å²) in [6, 6.07) is 15.1. The predicted molar refractivity (Wildman–Crippen MR) is 107 cm³/mol. The normalized spacial score (nSPS) is 14.2. The maximum atomic E-state index is 12.8. The number of benzene rings is 2. The summed E-state index contributed by atoms with van der Waals surface area (Å²) in [4.78, 5) is 15.1. The third-order valence-corrected chi connectivity index (χ3v) is 4.89. The Bertz CT molecular complexity index is 950. The molecular formula is C21H22N4O2. The first-order valence-electron chi connectivity index (χ1n) is 9.22. The van der Waals surface area contributed by atoms with E-state index in [2.05, 4.69) is 20.4 Å². The molecule has 3 aromatic rings. The molecule has 1 aliphatic rings. The molecule has 0 aliphatic carbocycles. The quantitative estimate of drug-likeness (QED) is 0.763. The van der Waals surface area contributed by atoms with Crippen LogP contribution in [0.2, 0.25) is 0 Å². The number of hydrogen-bond donors (Lipinski definition) is 1. The number of nitrogens with zero attached hydrogens (tertiary/aromatic N) is 3. The highest BCUT2D eigenvalue weighted by atomic mass is 16.5. The van der Waals surface area contributed by atoms with Gasteiger partial charge in [-0.05, 0) is 43.5 Å². The highest BCUT2D eigenvalue weighted by Gasteiger charge is 2.20. The molecule has 1 amide bonds. The van der Waals surface area contributed by atoms with E-state index >= 15 is 0 Å². The molecule has 0 bridgehead atoms. The molecule has 1 aromatic heterocycles. The average molecular weight is 362 g/mol. The second-order valence-corrected chi connectivity index (χ2v) is 6.65. The fourth-order valence-corrected chi connectivity index (χ4v) is 3.46. The van der Waals surface area contributed by atoms with Crippen molar-refractivity contribution in [3.8, 4) is 5.75 Å². The van der Waals surface area contributed by atoms with E-state index in [0.717, 1.165) is 48.3 Å². The molecule has 0 atom stereocenters. The monoisotopic (exact) mass is 362 g/mol. The van der Waals surface area contributed by atoms with Crippen molar-refractivity contribution in [1.29, 1.82) is 0 Å². The fourth-order valence-electron chi connectivity index (χ4n) is 3.46. The van der Waals surface area contributed by atoms with Crippen LogP contribution in [0.1, 0.15) is 29.8 Å². The Morgan fingerprint density at radius 2 is 1.67 bits per heavy atom. The number of carbonyl (C=O) groups is 1. The minimum absolute atomic E-state index is 0.269. The zero-order valence-electron chi connectivity index (χ0n) is 15.3. The van der Waals surface area contributed by atoms with Crippen LogP contribution in [0.15, 0.2) is 48.5 Å². The summed E-state index contributed by atoms with van der Waals surface area (Å²) in [6.07, 6.45) is 3.58. The second-order valence-electron chi connectivity index (χ2n) is 6.65. The molecule has 0 saturated carbocycles. The van der Waals surface area contributed by atoms with E-state index in [1.165, 1.54) is 6.42 Å². The van der Waals surface area contributed by atoms with Gasteiger partial charge in [-0.3, -0.25) is 4.79 Å². The van der Waals surface area contributed by atoms with Crippen LogP contribution in [0.4, 0.5) is 11.5 Å². The van der Waals surface area contributed by atoms with Crippen LogP contribution < -0.4 is 15.0 Å². The van der Waals surface area contributed by atoms with E-state index in [4.69, 9.17) is 4.74 Å². The number of nitrogens with one attached hydrogen (secondary N) is 1. The zero-order valence-corrected chi connectivity index (χ0v) is 15.3. The van der Waals surface area contributed by atoms with Crippen molar-refractivity contribution >= 4 is 28.2 Å². The molecule has 0 unspecified atom stereocenters. The number of rotatable bonds is 4. The Morgan fingerprint density at radius 3 is 2.37 bits per heavy atom. The van der Waals surface area contributed by atoms with E-state index in [-0.39, 0.29) is 5.91 Å². The standard InChI is InChI=1S/C21H22N4O2/c1-27-16-11-9-15(10-12-16)22-21(26)19-17-7-3-4-8-18(17)20(24-23-19)25-13-5-2-6-14-25/h3-4,7-12H,2,5-6,13-14H2,1H3,(H,22,26). The van der Waals surface area contributed by atoms with Gasteiger partial charge in [-0.1, -0.05) is 24.3 Å². The number of anilines is 2. The molecule has 138 valence electrons. The van der Waals surface area contributed by atoms with Crippen LogP contribution in [0.5, 0.6) is 5.75 Å². The molecule has 6 heteroatoms. The number of methoxy groups -OCH3 is 1. The number of hydrogen-bond acceptors (Lipinski definition) is 5. The average Bonchev–Trinajstić information content (AvgIpc) is 2.74. The lowest BCUT2D eigenvalue weighted by molar-refractivity contribution is 0.102. The summed E-state index contributed by atoms with van der Waals surface area (Å²) in [5.41, 5.74) is 1.02. The van der Waals surface area contributed by atoms with Crippen molar-refractivity contribution in [2.24, 2.45) is 0 Å². The van der Waals surface area contributed by atoms with Gasteiger partial charge in [0.1, 0.15) is 5.75 Å². The van der Waals surface area contributed by atoms with Gasteiger partial charge in [-0.25, -0.2) is 0 Å². The highest BCUT2D eigenvalue weighted by molar-refractivity contribution is 6.12. The number of carbonyl (C=O) groups excluding carboxylic acids is 1. The van der Waals surface area contributed by atoms with Gasteiger partial charge in [0.25, 0.3) is 5.91 Å². The van der Waals surface area contributed by atoms with Crippen LogP contribution in [0.3, 0.4) is 0 Å². The summed E-state index contributed by atoms with van der Waals surface area (Å²) < 4.78 is 5.15. The van der Waals surface area contributed by atoms with Crippen molar-refractivity contribution in [3.05, 3.63) is 54.2 Å². The molecule has 0 radical (unpaired) electrons. The van der Waals surface area contributed by atoms with Crippen LogP contribution in [0.25, 0.3) is 10.8 Å².